The number of rotatable bonds is 4. The van der Waals surface area contributed by atoms with Crippen molar-refractivity contribution in [2.24, 2.45) is 10.9 Å². The van der Waals surface area contributed by atoms with Crippen molar-refractivity contribution < 1.29 is 13.2 Å². The Morgan fingerprint density at radius 1 is 1.50 bits per heavy atom. The number of primary sulfonamides is 1. The lowest BCUT2D eigenvalue weighted by atomic mass is 10.3. The molecule has 1 aliphatic rings. The van der Waals surface area contributed by atoms with Gasteiger partial charge in [0.2, 0.25) is 10.0 Å². The van der Waals surface area contributed by atoms with Crippen LogP contribution < -0.4 is 15.6 Å². The van der Waals surface area contributed by atoms with E-state index in [0.717, 1.165) is 12.8 Å². The number of nitrogens with zero attached hydrogens (tertiary/aromatic N) is 1. The van der Waals surface area contributed by atoms with Crippen molar-refractivity contribution in [1.29, 1.82) is 0 Å². The van der Waals surface area contributed by atoms with Gasteiger partial charge in [0, 0.05) is 6.54 Å². The Bertz CT molecular complexity index is 497. The highest BCUT2D eigenvalue weighted by Crippen LogP contribution is 2.30. The summed E-state index contributed by atoms with van der Waals surface area (Å²) in [4.78, 5) is 3.94. The Kier molecular flexibility index (Phi) is 2.83. The third-order valence-corrected chi connectivity index (χ3v) is 3.15. The molecule has 0 radical (unpaired) electrons. The third-order valence-electron chi connectivity index (χ3n) is 2.22. The second-order valence-electron chi connectivity index (χ2n) is 3.69. The summed E-state index contributed by atoms with van der Waals surface area (Å²) < 4.78 is 28.1. The van der Waals surface area contributed by atoms with E-state index >= 15 is 0 Å². The molecule has 0 bridgehead atoms. The van der Waals surface area contributed by atoms with E-state index in [1.807, 2.05) is 0 Å². The van der Waals surface area contributed by atoms with Crippen molar-refractivity contribution in [3.63, 3.8) is 0 Å². The normalized spacial score (nSPS) is 16.1. The zero-order valence-corrected chi connectivity index (χ0v) is 9.40. The number of ether oxygens (including phenoxy) is 1. The topological polar surface area (TPSA) is 108 Å². The van der Waals surface area contributed by atoms with E-state index in [9.17, 15) is 8.42 Å². The summed E-state index contributed by atoms with van der Waals surface area (Å²) in [6, 6.07) is 1.35. The first kappa shape index (κ1) is 11.3. The molecule has 0 spiro atoms. The zero-order valence-electron chi connectivity index (χ0n) is 8.59. The van der Waals surface area contributed by atoms with Crippen LogP contribution in [-0.4, -0.2) is 19.5 Å². The average molecular weight is 243 g/mol. The molecular formula is C9H13N3O3S. The molecule has 1 saturated carbocycles. The number of sulfonamides is 1. The zero-order chi connectivity index (χ0) is 11.8. The van der Waals surface area contributed by atoms with Crippen molar-refractivity contribution in [2.75, 3.05) is 0 Å². The Labute approximate surface area is 93.7 Å². The summed E-state index contributed by atoms with van der Waals surface area (Å²) >= 11 is 0. The van der Waals surface area contributed by atoms with Crippen LogP contribution in [0.25, 0.3) is 0 Å². The number of hydrogen-bond acceptors (Lipinski definition) is 5. The summed E-state index contributed by atoms with van der Waals surface area (Å²) in [6.07, 6.45) is 3.32. The van der Waals surface area contributed by atoms with Crippen LogP contribution in [0.2, 0.25) is 0 Å². The Morgan fingerprint density at radius 3 is 2.69 bits per heavy atom. The van der Waals surface area contributed by atoms with Gasteiger partial charge < -0.3 is 10.5 Å². The summed E-state index contributed by atoms with van der Waals surface area (Å²) in [7, 11) is -3.80. The molecule has 1 aliphatic carbocycles. The van der Waals surface area contributed by atoms with Crippen LogP contribution in [0, 0.1) is 0 Å². The van der Waals surface area contributed by atoms with Crippen molar-refractivity contribution in [2.45, 2.75) is 30.4 Å². The lowest BCUT2D eigenvalue weighted by molar-refractivity contribution is 0.293. The highest BCUT2D eigenvalue weighted by molar-refractivity contribution is 7.89. The van der Waals surface area contributed by atoms with Crippen molar-refractivity contribution >= 4 is 10.0 Å². The molecule has 1 fully saturated rings. The predicted octanol–water partition coefficient (Wildman–Crippen LogP) is -0.271. The smallest absolute Gasteiger partial charge is 0.241 e. The molecule has 0 atom stereocenters. The van der Waals surface area contributed by atoms with Gasteiger partial charge in [-0.15, -0.1) is 0 Å². The molecule has 1 aromatic rings. The molecule has 6 nitrogen and oxygen atoms in total. The van der Waals surface area contributed by atoms with Crippen LogP contribution in [0.1, 0.15) is 18.5 Å². The van der Waals surface area contributed by atoms with Crippen molar-refractivity contribution in [3.05, 3.63) is 18.0 Å². The highest BCUT2D eigenvalue weighted by Gasteiger charge is 2.27. The van der Waals surface area contributed by atoms with Gasteiger partial charge in [0.05, 0.1) is 18.0 Å². The maximum atomic E-state index is 11.4. The van der Waals surface area contributed by atoms with Crippen LogP contribution in [0.15, 0.2) is 17.2 Å². The molecule has 0 amide bonds. The van der Waals surface area contributed by atoms with E-state index in [2.05, 4.69) is 4.98 Å². The SMILES string of the molecule is NCc1cc(S(N)(=O)=O)c(OC2CC2)cn1. The van der Waals surface area contributed by atoms with Gasteiger partial charge >= 0.3 is 0 Å². The van der Waals surface area contributed by atoms with Crippen molar-refractivity contribution in [1.82, 2.24) is 4.98 Å². The van der Waals surface area contributed by atoms with Crippen LogP contribution >= 0.6 is 0 Å². The first-order valence-corrected chi connectivity index (χ1v) is 6.44. The second kappa shape index (κ2) is 4.00. The van der Waals surface area contributed by atoms with Crippen LogP contribution in [0.5, 0.6) is 5.75 Å². The summed E-state index contributed by atoms with van der Waals surface area (Å²) in [6.45, 7) is 0.159. The maximum absolute atomic E-state index is 11.4. The quantitative estimate of drug-likeness (QED) is 0.756. The monoisotopic (exact) mass is 243 g/mol. The van der Waals surface area contributed by atoms with Crippen LogP contribution in [0.3, 0.4) is 0 Å². The predicted molar refractivity (Wildman–Crippen MR) is 57.2 cm³/mol. The minimum absolute atomic E-state index is 0.0464. The second-order valence-corrected chi connectivity index (χ2v) is 5.22. The first-order chi connectivity index (χ1) is 7.50. The number of hydrogen-bond donors (Lipinski definition) is 2. The average Bonchev–Trinajstić information content (AvgIpc) is 3.01. The molecule has 0 aromatic carbocycles. The Hall–Kier alpha value is -1.18. The molecule has 88 valence electrons. The summed E-state index contributed by atoms with van der Waals surface area (Å²) in [5, 5.41) is 5.10. The van der Waals surface area contributed by atoms with Crippen molar-refractivity contribution in [3.8, 4) is 5.75 Å². The van der Waals surface area contributed by atoms with E-state index in [-0.39, 0.29) is 23.3 Å². The number of nitrogens with two attached hydrogens (primary N) is 2. The minimum atomic E-state index is -3.80. The molecule has 0 aliphatic heterocycles. The summed E-state index contributed by atoms with van der Waals surface area (Å²) in [5.74, 6) is 0.210. The first-order valence-electron chi connectivity index (χ1n) is 4.89. The van der Waals surface area contributed by atoms with Gasteiger partial charge in [-0.1, -0.05) is 0 Å². The molecule has 4 N–H and O–H groups in total. The van der Waals surface area contributed by atoms with Crippen LogP contribution in [0.4, 0.5) is 0 Å². The lowest BCUT2D eigenvalue weighted by Gasteiger charge is -2.09. The van der Waals surface area contributed by atoms with Gasteiger partial charge in [-0.3, -0.25) is 4.98 Å². The largest absolute Gasteiger partial charge is 0.487 e. The van der Waals surface area contributed by atoms with Gasteiger partial charge in [-0.25, -0.2) is 13.6 Å². The summed E-state index contributed by atoms with van der Waals surface area (Å²) in [5.41, 5.74) is 5.85. The van der Waals surface area contributed by atoms with Gasteiger partial charge in [0.25, 0.3) is 0 Å². The molecule has 2 rings (SSSR count). The minimum Gasteiger partial charge on any atom is -0.487 e. The standard InChI is InChI=1S/C9H13N3O3S/c10-4-6-3-9(16(11,13)14)8(5-12-6)15-7-1-2-7/h3,5,7H,1-2,4,10H2,(H2,11,13,14). The highest BCUT2D eigenvalue weighted by atomic mass is 32.2. The van der Waals surface area contributed by atoms with E-state index < -0.39 is 10.0 Å². The molecule has 1 aromatic heterocycles. The van der Waals surface area contributed by atoms with E-state index in [0.29, 0.717) is 5.69 Å². The number of pyridine rings is 1. The maximum Gasteiger partial charge on any atom is 0.241 e. The van der Waals surface area contributed by atoms with Gasteiger partial charge in [0.15, 0.2) is 5.75 Å². The van der Waals surface area contributed by atoms with Gasteiger partial charge in [-0.05, 0) is 18.9 Å². The fourth-order valence-corrected chi connectivity index (χ4v) is 1.93. The number of aromatic nitrogens is 1. The molecule has 7 heteroatoms. The fourth-order valence-electron chi connectivity index (χ4n) is 1.25. The molecule has 0 saturated heterocycles. The molecular weight excluding hydrogens is 230 g/mol. The van der Waals surface area contributed by atoms with Gasteiger partial charge in [-0.2, -0.15) is 0 Å². The molecule has 1 heterocycles. The van der Waals surface area contributed by atoms with Crippen LogP contribution in [-0.2, 0) is 16.6 Å². The Balaban J connectivity index is 2.42. The van der Waals surface area contributed by atoms with E-state index in [1.165, 1.54) is 12.3 Å². The Morgan fingerprint density at radius 2 is 2.19 bits per heavy atom. The van der Waals surface area contributed by atoms with E-state index in [1.54, 1.807) is 0 Å². The van der Waals surface area contributed by atoms with Gasteiger partial charge in [0.1, 0.15) is 4.90 Å². The lowest BCUT2D eigenvalue weighted by Crippen LogP contribution is -2.16. The molecule has 16 heavy (non-hydrogen) atoms. The van der Waals surface area contributed by atoms with E-state index in [4.69, 9.17) is 15.6 Å². The molecule has 0 unspecified atom stereocenters. The fraction of sp³-hybridized carbons (Fsp3) is 0.444. The third kappa shape index (κ3) is 2.49.